The third kappa shape index (κ3) is 5.22. The van der Waals surface area contributed by atoms with Crippen LogP contribution in [0.1, 0.15) is 40.1 Å². The van der Waals surface area contributed by atoms with Crippen molar-refractivity contribution in [3.05, 3.63) is 79.3 Å². The van der Waals surface area contributed by atoms with Crippen LogP contribution in [-0.4, -0.2) is 44.4 Å². The molecular formula is C26H28ClN3O3S2. The van der Waals surface area contributed by atoms with Gasteiger partial charge in [0.25, 0.3) is 5.91 Å². The molecule has 0 saturated carbocycles. The summed E-state index contributed by atoms with van der Waals surface area (Å²) in [6.07, 6.45) is 6.35. The summed E-state index contributed by atoms with van der Waals surface area (Å²) in [5, 5.41) is 17.3. The van der Waals surface area contributed by atoms with Gasteiger partial charge < -0.3 is 15.0 Å². The topological polar surface area (TPSA) is 74.6 Å². The Bertz CT molecular complexity index is 1310. The van der Waals surface area contributed by atoms with Gasteiger partial charge in [-0.05, 0) is 55.0 Å². The van der Waals surface area contributed by atoms with Crippen molar-refractivity contribution in [1.82, 2.24) is 14.8 Å². The lowest BCUT2D eigenvalue weighted by atomic mass is 10.0. The van der Waals surface area contributed by atoms with E-state index in [2.05, 4.69) is 21.7 Å². The number of nitrogens with one attached hydrogen (secondary N) is 1. The van der Waals surface area contributed by atoms with E-state index in [9.17, 15) is 14.7 Å². The number of hydrogen-bond donors (Lipinski definition) is 2. The third-order valence-electron chi connectivity index (χ3n) is 6.77. The number of amides is 1. The second-order valence-corrected chi connectivity index (χ2v) is 11.9. The fourth-order valence-corrected chi connectivity index (χ4v) is 7.16. The van der Waals surface area contributed by atoms with Gasteiger partial charge in [0.2, 0.25) is 5.43 Å². The highest BCUT2D eigenvalue weighted by atomic mass is 35.5. The van der Waals surface area contributed by atoms with Gasteiger partial charge in [-0.2, -0.15) is 0 Å². The number of thioether (sulfide) groups is 1. The van der Waals surface area contributed by atoms with Crippen molar-refractivity contribution in [1.29, 1.82) is 0 Å². The Morgan fingerprint density at radius 3 is 2.86 bits per heavy atom. The molecule has 6 nitrogen and oxygen atoms in total. The van der Waals surface area contributed by atoms with Crippen LogP contribution in [0.4, 0.5) is 0 Å². The SMILES string of the molecule is Cn1cc(C(=O)NCc2ccc(Cl)cc2)c(=O)c2cc(CN3CCC[C@@H]3[C@@H](O)C3CC=CS3)sc21. The maximum absolute atomic E-state index is 13.2. The monoisotopic (exact) mass is 529 g/mol. The Kier molecular flexibility index (Phi) is 7.37. The normalized spacial score (nSPS) is 21.1. The largest absolute Gasteiger partial charge is 0.390 e. The molecule has 1 fully saturated rings. The van der Waals surface area contributed by atoms with Crippen molar-refractivity contribution in [2.45, 2.75) is 49.7 Å². The molecule has 4 heterocycles. The van der Waals surface area contributed by atoms with E-state index in [1.807, 2.05) is 29.8 Å². The summed E-state index contributed by atoms with van der Waals surface area (Å²) in [5.41, 5.74) is 0.798. The van der Waals surface area contributed by atoms with E-state index < -0.39 is 0 Å². The number of carbonyl (C=O) groups excluding carboxylic acids is 1. The predicted molar refractivity (Wildman–Crippen MR) is 144 cm³/mol. The number of nitrogens with zero attached hydrogens (tertiary/aromatic N) is 2. The zero-order chi connectivity index (χ0) is 24.5. The number of pyridine rings is 1. The molecule has 2 aliphatic heterocycles. The van der Waals surface area contributed by atoms with Gasteiger partial charge in [0, 0.05) is 47.5 Å². The van der Waals surface area contributed by atoms with Crippen LogP contribution >= 0.6 is 34.7 Å². The molecule has 184 valence electrons. The van der Waals surface area contributed by atoms with Crippen molar-refractivity contribution in [3.8, 4) is 0 Å². The smallest absolute Gasteiger partial charge is 0.257 e. The minimum atomic E-state index is -0.388. The van der Waals surface area contributed by atoms with Crippen molar-refractivity contribution in [3.63, 3.8) is 0 Å². The summed E-state index contributed by atoms with van der Waals surface area (Å²) in [4.78, 5) is 30.3. The van der Waals surface area contributed by atoms with Crippen LogP contribution in [0.5, 0.6) is 0 Å². The highest BCUT2D eigenvalue weighted by Gasteiger charge is 2.36. The van der Waals surface area contributed by atoms with Crippen LogP contribution in [0.25, 0.3) is 10.2 Å². The number of allylic oxidation sites excluding steroid dienone is 1. The number of aliphatic hydroxyl groups excluding tert-OH is 1. The third-order valence-corrected chi connectivity index (χ3v) is 9.41. The summed E-state index contributed by atoms with van der Waals surface area (Å²) in [5.74, 6) is -0.388. The van der Waals surface area contributed by atoms with Gasteiger partial charge in [0.1, 0.15) is 10.4 Å². The summed E-state index contributed by atoms with van der Waals surface area (Å²) >= 11 is 9.22. The number of aliphatic hydroxyl groups is 1. The van der Waals surface area contributed by atoms with Crippen LogP contribution < -0.4 is 10.7 Å². The maximum atomic E-state index is 13.2. The van der Waals surface area contributed by atoms with E-state index in [1.54, 1.807) is 41.4 Å². The molecule has 1 aromatic carbocycles. The number of rotatable bonds is 7. The Morgan fingerprint density at radius 1 is 1.31 bits per heavy atom. The molecule has 0 bridgehead atoms. The van der Waals surface area contributed by atoms with Crippen LogP contribution in [-0.2, 0) is 20.1 Å². The van der Waals surface area contributed by atoms with Crippen molar-refractivity contribution in [2.75, 3.05) is 6.54 Å². The first kappa shape index (κ1) is 24.6. The molecule has 1 unspecified atom stereocenters. The zero-order valence-corrected chi connectivity index (χ0v) is 21.8. The van der Waals surface area contributed by atoms with E-state index in [1.165, 1.54) is 0 Å². The quantitative estimate of drug-likeness (QED) is 0.470. The van der Waals surface area contributed by atoms with Crippen molar-refractivity contribution >= 4 is 50.8 Å². The maximum Gasteiger partial charge on any atom is 0.257 e. The summed E-state index contributed by atoms with van der Waals surface area (Å²) in [7, 11) is 1.87. The molecule has 0 spiro atoms. The Balaban J connectivity index is 1.33. The van der Waals surface area contributed by atoms with Crippen LogP contribution in [0.3, 0.4) is 0 Å². The van der Waals surface area contributed by atoms with E-state index in [0.29, 0.717) is 23.5 Å². The highest BCUT2D eigenvalue weighted by Crippen LogP contribution is 2.34. The Morgan fingerprint density at radius 2 is 2.11 bits per heavy atom. The first-order valence-corrected chi connectivity index (χ1v) is 13.9. The number of halogens is 1. The van der Waals surface area contributed by atoms with Gasteiger partial charge in [-0.15, -0.1) is 23.1 Å². The molecule has 2 aromatic heterocycles. The number of aromatic nitrogens is 1. The predicted octanol–water partition coefficient (Wildman–Crippen LogP) is 4.53. The van der Waals surface area contributed by atoms with Crippen LogP contribution in [0, 0.1) is 0 Å². The number of aryl methyl sites for hydroxylation is 1. The fourth-order valence-electron chi connectivity index (χ4n) is 4.94. The minimum Gasteiger partial charge on any atom is -0.390 e. The lowest BCUT2D eigenvalue weighted by Crippen LogP contribution is -2.43. The van der Waals surface area contributed by atoms with E-state index in [0.717, 1.165) is 41.1 Å². The molecule has 35 heavy (non-hydrogen) atoms. The standard InChI is InChI=1S/C26H28ClN3O3S2/c1-29-15-20(25(33)28-13-16-6-8-17(27)9-7-16)23(31)19-12-18(35-26(19)29)14-30-10-2-4-21(30)24(32)22-5-3-11-34-22/h3,6-9,11-12,15,21-22,24,32H,2,4-5,10,13-14H2,1H3,(H,28,33)/t21-,22?,24-/m1/s1. The number of thiophene rings is 1. The van der Waals surface area contributed by atoms with Gasteiger partial charge in [0.15, 0.2) is 0 Å². The van der Waals surface area contributed by atoms with Gasteiger partial charge in [-0.1, -0.05) is 29.8 Å². The fraction of sp³-hybridized carbons (Fsp3) is 0.385. The Hall–Kier alpha value is -2.10. The zero-order valence-electron chi connectivity index (χ0n) is 19.4. The summed E-state index contributed by atoms with van der Waals surface area (Å²) in [6, 6.07) is 9.29. The first-order chi connectivity index (χ1) is 16.9. The average molecular weight is 530 g/mol. The molecule has 2 aliphatic rings. The van der Waals surface area contributed by atoms with Gasteiger partial charge in [-0.3, -0.25) is 14.5 Å². The number of hydrogen-bond acceptors (Lipinski definition) is 6. The molecule has 0 aliphatic carbocycles. The second kappa shape index (κ2) is 10.5. The molecule has 2 N–H and O–H groups in total. The Labute approximate surface area is 217 Å². The molecule has 3 aromatic rings. The summed E-state index contributed by atoms with van der Waals surface area (Å²) in [6.45, 7) is 1.96. The molecule has 1 amide bonds. The highest BCUT2D eigenvalue weighted by molar-refractivity contribution is 8.03. The number of likely N-dealkylation sites (tertiary alicyclic amines) is 1. The average Bonchev–Trinajstić information content (AvgIpc) is 3.62. The molecule has 3 atom stereocenters. The van der Waals surface area contributed by atoms with E-state index in [-0.39, 0.29) is 34.3 Å². The molecule has 1 saturated heterocycles. The van der Waals surface area contributed by atoms with E-state index in [4.69, 9.17) is 11.6 Å². The molecule has 9 heteroatoms. The van der Waals surface area contributed by atoms with Gasteiger partial charge in [-0.25, -0.2) is 0 Å². The molecule has 5 rings (SSSR count). The minimum absolute atomic E-state index is 0.132. The van der Waals surface area contributed by atoms with Gasteiger partial charge >= 0.3 is 0 Å². The van der Waals surface area contributed by atoms with Gasteiger partial charge in [0.05, 0.1) is 11.5 Å². The van der Waals surface area contributed by atoms with Crippen molar-refractivity contribution < 1.29 is 9.90 Å². The van der Waals surface area contributed by atoms with E-state index >= 15 is 0 Å². The van der Waals surface area contributed by atoms with Crippen molar-refractivity contribution in [2.24, 2.45) is 7.05 Å². The number of carbonyl (C=O) groups is 1. The van der Waals surface area contributed by atoms with Crippen LogP contribution in [0.2, 0.25) is 5.02 Å². The molecular weight excluding hydrogens is 502 g/mol. The summed E-state index contributed by atoms with van der Waals surface area (Å²) < 4.78 is 1.86. The first-order valence-electron chi connectivity index (χ1n) is 11.8. The number of fused-ring (bicyclic) bond motifs is 1. The lowest BCUT2D eigenvalue weighted by Gasteiger charge is -2.31. The number of benzene rings is 1. The van der Waals surface area contributed by atoms with Crippen LogP contribution in [0.15, 0.2) is 52.8 Å². The second-order valence-electron chi connectivity index (χ2n) is 9.18. The molecule has 0 radical (unpaired) electrons. The lowest BCUT2D eigenvalue weighted by molar-refractivity contribution is 0.0688.